The lowest BCUT2D eigenvalue weighted by atomic mass is 10.2. The van der Waals surface area contributed by atoms with Crippen molar-refractivity contribution >= 4 is 40.5 Å². The van der Waals surface area contributed by atoms with Crippen molar-refractivity contribution in [1.82, 2.24) is 4.57 Å². The number of hydrogen-bond acceptors (Lipinski definition) is 4. The number of hydrogen-bond donors (Lipinski definition) is 1. The average Bonchev–Trinajstić information content (AvgIpc) is 2.98. The number of methoxy groups -OCH3 is 1. The Morgan fingerprint density at radius 1 is 1.33 bits per heavy atom. The zero-order chi connectivity index (χ0) is 17.4. The lowest BCUT2D eigenvalue weighted by Gasteiger charge is -2.14. The van der Waals surface area contributed by atoms with Crippen LogP contribution < -0.4 is 10.5 Å². The van der Waals surface area contributed by atoms with Crippen LogP contribution in [0.1, 0.15) is 17.0 Å². The van der Waals surface area contributed by atoms with Gasteiger partial charge < -0.3 is 15.0 Å². The number of benzene rings is 1. The molecular formula is C17H16ClN3O2S. The fraction of sp³-hybridized carbons (Fsp3) is 0.176. The number of aromatic nitrogens is 1. The van der Waals surface area contributed by atoms with Crippen molar-refractivity contribution in [3.8, 4) is 11.4 Å². The Morgan fingerprint density at radius 3 is 2.71 bits per heavy atom. The van der Waals surface area contributed by atoms with Gasteiger partial charge in [-0.25, -0.2) is 0 Å². The van der Waals surface area contributed by atoms with E-state index in [0.29, 0.717) is 9.93 Å². The number of aliphatic imine (C=N–C) groups is 1. The highest BCUT2D eigenvalue weighted by Gasteiger charge is 2.21. The molecule has 1 aliphatic heterocycles. The topological polar surface area (TPSA) is 69.6 Å². The predicted molar refractivity (Wildman–Crippen MR) is 99.0 cm³/mol. The highest BCUT2D eigenvalue weighted by atomic mass is 35.5. The molecule has 24 heavy (non-hydrogen) atoms. The highest BCUT2D eigenvalue weighted by Crippen LogP contribution is 2.33. The van der Waals surface area contributed by atoms with Gasteiger partial charge in [0.1, 0.15) is 5.75 Å². The maximum atomic E-state index is 11.8. The van der Waals surface area contributed by atoms with E-state index in [0.717, 1.165) is 28.4 Å². The molecule has 1 aromatic heterocycles. The molecule has 1 aliphatic rings. The van der Waals surface area contributed by atoms with Gasteiger partial charge >= 0.3 is 0 Å². The summed E-state index contributed by atoms with van der Waals surface area (Å²) < 4.78 is 7.50. The molecule has 0 aliphatic carbocycles. The molecule has 2 N–H and O–H groups in total. The summed E-state index contributed by atoms with van der Waals surface area (Å²) in [5, 5.41) is 0.900. The van der Waals surface area contributed by atoms with Crippen molar-refractivity contribution in [2.24, 2.45) is 10.7 Å². The standard InChI is InChI=1S/C17H16ClN3O2S/c1-9-6-11(7-15-16(22)20-17(19)24-15)10(2)21(9)13-8-12(18)4-5-14(13)23-3/h4-8H,1-3H3,(H2,19,20,22). The van der Waals surface area contributed by atoms with Crippen LogP contribution in [0.3, 0.4) is 0 Å². The number of aryl methyl sites for hydroxylation is 1. The Labute approximate surface area is 149 Å². The van der Waals surface area contributed by atoms with Crippen LogP contribution in [0, 0.1) is 13.8 Å². The SMILES string of the molecule is COc1ccc(Cl)cc1-n1c(C)cc(C=C2SC(N)=NC2=O)c1C. The number of ether oxygens (including phenoxy) is 1. The predicted octanol–water partition coefficient (Wildman–Crippen LogP) is 3.69. The molecule has 0 saturated heterocycles. The summed E-state index contributed by atoms with van der Waals surface area (Å²) in [5.74, 6) is 0.418. The molecule has 5 nitrogen and oxygen atoms in total. The summed E-state index contributed by atoms with van der Waals surface area (Å²) in [6, 6.07) is 7.48. The summed E-state index contributed by atoms with van der Waals surface area (Å²) in [6.45, 7) is 3.97. The summed E-state index contributed by atoms with van der Waals surface area (Å²) in [5.41, 5.74) is 9.36. The zero-order valence-corrected chi connectivity index (χ0v) is 15.0. The highest BCUT2D eigenvalue weighted by molar-refractivity contribution is 8.18. The number of amides is 1. The van der Waals surface area contributed by atoms with Crippen LogP contribution in [-0.4, -0.2) is 22.8 Å². The Hall–Kier alpha value is -2.18. The number of carbonyl (C=O) groups excluding carboxylic acids is 1. The Balaban J connectivity index is 2.10. The van der Waals surface area contributed by atoms with Crippen LogP contribution in [-0.2, 0) is 4.79 Å². The van der Waals surface area contributed by atoms with Crippen molar-refractivity contribution in [3.05, 3.63) is 51.1 Å². The van der Waals surface area contributed by atoms with Crippen LogP contribution in [0.15, 0.2) is 34.2 Å². The zero-order valence-electron chi connectivity index (χ0n) is 13.5. The van der Waals surface area contributed by atoms with E-state index < -0.39 is 0 Å². The normalized spacial score (nSPS) is 15.9. The van der Waals surface area contributed by atoms with Gasteiger partial charge in [-0.05, 0) is 61.5 Å². The molecule has 1 amide bonds. The van der Waals surface area contributed by atoms with Gasteiger partial charge in [0.25, 0.3) is 5.91 Å². The van der Waals surface area contributed by atoms with Crippen molar-refractivity contribution < 1.29 is 9.53 Å². The fourth-order valence-corrected chi connectivity index (χ4v) is 3.55. The smallest absolute Gasteiger partial charge is 0.286 e. The minimum Gasteiger partial charge on any atom is -0.495 e. The first-order valence-electron chi connectivity index (χ1n) is 7.21. The molecule has 0 radical (unpaired) electrons. The van der Waals surface area contributed by atoms with Crippen LogP contribution in [0.4, 0.5) is 0 Å². The third-order valence-corrected chi connectivity index (χ3v) is 4.82. The maximum Gasteiger partial charge on any atom is 0.286 e. The second-order valence-corrected chi connectivity index (χ2v) is 6.84. The minimum absolute atomic E-state index is 0.275. The molecule has 0 atom stereocenters. The third-order valence-electron chi connectivity index (χ3n) is 3.78. The van der Waals surface area contributed by atoms with E-state index in [1.54, 1.807) is 13.2 Å². The Morgan fingerprint density at radius 2 is 2.08 bits per heavy atom. The number of halogens is 1. The van der Waals surface area contributed by atoms with E-state index in [-0.39, 0.29) is 11.1 Å². The Bertz CT molecular complexity index is 899. The monoisotopic (exact) mass is 361 g/mol. The molecule has 0 unspecified atom stereocenters. The van der Waals surface area contributed by atoms with Crippen LogP contribution in [0.5, 0.6) is 5.75 Å². The summed E-state index contributed by atoms with van der Waals surface area (Å²) in [7, 11) is 1.62. The number of carbonyl (C=O) groups is 1. The molecule has 2 heterocycles. The van der Waals surface area contributed by atoms with E-state index >= 15 is 0 Å². The molecule has 0 saturated carbocycles. The second-order valence-electron chi connectivity index (χ2n) is 5.34. The van der Waals surface area contributed by atoms with Crippen LogP contribution >= 0.6 is 23.4 Å². The van der Waals surface area contributed by atoms with Crippen LogP contribution in [0.25, 0.3) is 11.8 Å². The van der Waals surface area contributed by atoms with Crippen molar-refractivity contribution in [3.63, 3.8) is 0 Å². The number of amidine groups is 1. The molecular weight excluding hydrogens is 346 g/mol. The van der Waals surface area contributed by atoms with Crippen LogP contribution in [0.2, 0.25) is 5.02 Å². The molecule has 0 fully saturated rings. The van der Waals surface area contributed by atoms with Gasteiger partial charge in [0.15, 0.2) is 5.17 Å². The average molecular weight is 362 g/mol. The van der Waals surface area contributed by atoms with Gasteiger partial charge in [0, 0.05) is 16.4 Å². The third kappa shape index (κ3) is 2.95. The van der Waals surface area contributed by atoms with E-state index in [2.05, 4.69) is 4.99 Å². The molecule has 0 bridgehead atoms. The van der Waals surface area contributed by atoms with Gasteiger partial charge in [0.05, 0.1) is 17.7 Å². The molecule has 124 valence electrons. The maximum absolute atomic E-state index is 11.8. The summed E-state index contributed by atoms with van der Waals surface area (Å²) in [4.78, 5) is 16.1. The molecule has 7 heteroatoms. The van der Waals surface area contributed by atoms with Gasteiger partial charge in [-0.2, -0.15) is 4.99 Å². The number of rotatable bonds is 3. The second kappa shape index (κ2) is 6.37. The van der Waals surface area contributed by atoms with Gasteiger partial charge in [-0.1, -0.05) is 11.6 Å². The molecule has 1 aromatic carbocycles. The fourth-order valence-electron chi connectivity index (χ4n) is 2.71. The lowest BCUT2D eigenvalue weighted by Crippen LogP contribution is -2.02. The van der Waals surface area contributed by atoms with Gasteiger partial charge in [0.2, 0.25) is 0 Å². The number of nitrogens with two attached hydrogens (primary N) is 1. The Kier molecular flexibility index (Phi) is 4.43. The van der Waals surface area contributed by atoms with E-state index in [1.165, 1.54) is 11.8 Å². The molecule has 3 rings (SSSR count). The number of thioether (sulfide) groups is 1. The van der Waals surface area contributed by atoms with E-state index in [9.17, 15) is 4.79 Å². The first-order chi connectivity index (χ1) is 11.4. The minimum atomic E-state index is -0.303. The summed E-state index contributed by atoms with van der Waals surface area (Å²) >= 11 is 7.33. The lowest BCUT2D eigenvalue weighted by molar-refractivity contribution is -0.113. The van der Waals surface area contributed by atoms with Crippen molar-refractivity contribution in [2.75, 3.05) is 7.11 Å². The summed E-state index contributed by atoms with van der Waals surface area (Å²) in [6.07, 6.45) is 1.81. The van der Waals surface area contributed by atoms with E-state index in [1.807, 2.05) is 42.7 Å². The largest absolute Gasteiger partial charge is 0.495 e. The quantitative estimate of drug-likeness (QED) is 0.846. The van der Waals surface area contributed by atoms with Gasteiger partial charge in [-0.3, -0.25) is 4.79 Å². The van der Waals surface area contributed by atoms with E-state index in [4.69, 9.17) is 22.1 Å². The first-order valence-corrected chi connectivity index (χ1v) is 8.41. The molecule has 0 spiro atoms. The first kappa shape index (κ1) is 16.7. The van der Waals surface area contributed by atoms with Gasteiger partial charge in [-0.15, -0.1) is 0 Å². The molecule has 2 aromatic rings. The number of nitrogens with zero attached hydrogens (tertiary/aromatic N) is 2. The van der Waals surface area contributed by atoms with Crippen molar-refractivity contribution in [1.29, 1.82) is 0 Å². The van der Waals surface area contributed by atoms with Crippen molar-refractivity contribution in [2.45, 2.75) is 13.8 Å².